The lowest BCUT2D eigenvalue weighted by molar-refractivity contribution is 0.468. The fourth-order valence-corrected chi connectivity index (χ4v) is 3.72. The first-order valence-corrected chi connectivity index (χ1v) is 7.88. The third-order valence-electron chi connectivity index (χ3n) is 3.65. The molecule has 2 aliphatic rings. The molecule has 4 rings (SSSR count). The van der Waals surface area contributed by atoms with E-state index in [4.69, 9.17) is 4.74 Å². The summed E-state index contributed by atoms with van der Waals surface area (Å²) in [5, 5.41) is 0. The Kier molecular flexibility index (Phi) is 2.64. The number of ether oxygens (including phenoxy) is 1. The Bertz CT molecular complexity index is 684. The van der Waals surface area contributed by atoms with Crippen molar-refractivity contribution in [2.45, 2.75) is 12.8 Å². The normalized spacial score (nSPS) is 15.6. The van der Waals surface area contributed by atoms with Gasteiger partial charge in [-0.3, -0.25) is 0 Å². The van der Waals surface area contributed by atoms with Crippen molar-refractivity contribution in [1.29, 1.82) is 0 Å². The second kappa shape index (κ2) is 4.25. The van der Waals surface area contributed by atoms with Crippen molar-refractivity contribution in [3.8, 4) is 11.5 Å². The number of benzene rings is 2. The van der Waals surface area contributed by atoms with E-state index in [0.29, 0.717) is 0 Å². The van der Waals surface area contributed by atoms with Crippen LogP contribution in [0, 0.1) is 0 Å². The van der Waals surface area contributed by atoms with Gasteiger partial charge in [0.15, 0.2) is 11.5 Å². The van der Waals surface area contributed by atoms with E-state index in [1.807, 2.05) is 12.1 Å². The van der Waals surface area contributed by atoms with E-state index in [1.54, 1.807) is 0 Å². The minimum absolute atomic E-state index is 0.932. The van der Waals surface area contributed by atoms with Gasteiger partial charge in [0, 0.05) is 15.5 Å². The Morgan fingerprint density at radius 1 is 1.00 bits per heavy atom. The van der Waals surface area contributed by atoms with Crippen LogP contribution in [0.2, 0.25) is 0 Å². The smallest absolute Gasteiger partial charge is 0.152 e. The second-order valence-corrected chi connectivity index (χ2v) is 6.71. The number of nitrogens with zero attached hydrogens (tertiary/aromatic N) is 1. The van der Waals surface area contributed by atoms with E-state index in [9.17, 15) is 0 Å². The van der Waals surface area contributed by atoms with Crippen molar-refractivity contribution in [1.82, 2.24) is 0 Å². The van der Waals surface area contributed by atoms with E-state index in [1.165, 1.54) is 17.7 Å². The molecular weight excluding hydrogens is 370 g/mol. The van der Waals surface area contributed by atoms with Crippen LogP contribution < -0.4 is 9.64 Å². The standard InChI is InChI=1S/C15H11Br2NO/c16-10-3-4-13-12(7-10)18-5-1-2-9-6-11(17)8-14(19-13)15(9)18/h3-4,6-8H,1-2,5H2. The summed E-state index contributed by atoms with van der Waals surface area (Å²) in [6.07, 6.45) is 2.29. The van der Waals surface area contributed by atoms with Gasteiger partial charge >= 0.3 is 0 Å². The minimum Gasteiger partial charge on any atom is -0.453 e. The van der Waals surface area contributed by atoms with Crippen molar-refractivity contribution >= 4 is 43.2 Å². The molecule has 0 N–H and O–H groups in total. The fourth-order valence-electron chi connectivity index (χ4n) is 2.89. The van der Waals surface area contributed by atoms with Gasteiger partial charge in [-0.25, -0.2) is 0 Å². The molecule has 2 aliphatic heterocycles. The second-order valence-electron chi connectivity index (χ2n) is 4.88. The van der Waals surface area contributed by atoms with Gasteiger partial charge in [0.1, 0.15) is 0 Å². The van der Waals surface area contributed by atoms with Crippen LogP contribution in [0.15, 0.2) is 39.3 Å². The molecule has 0 fully saturated rings. The highest BCUT2D eigenvalue weighted by Gasteiger charge is 2.29. The lowest BCUT2D eigenvalue weighted by atomic mass is 9.99. The van der Waals surface area contributed by atoms with Gasteiger partial charge in [0.2, 0.25) is 0 Å². The molecule has 0 amide bonds. The maximum absolute atomic E-state index is 6.07. The zero-order valence-electron chi connectivity index (χ0n) is 10.1. The van der Waals surface area contributed by atoms with Gasteiger partial charge in [0.05, 0.1) is 11.4 Å². The molecule has 2 heterocycles. The molecule has 4 heteroatoms. The van der Waals surface area contributed by atoms with Crippen LogP contribution in [0.25, 0.3) is 0 Å². The number of hydrogen-bond acceptors (Lipinski definition) is 2. The molecule has 0 aliphatic carbocycles. The van der Waals surface area contributed by atoms with Crippen LogP contribution in [0.4, 0.5) is 11.4 Å². The van der Waals surface area contributed by atoms with Gasteiger partial charge in [-0.2, -0.15) is 0 Å². The van der Waals surface area contributed by atoms with Gasteiger partial charge in [-0.05, 0) is 48.7 Å². The molecule has 0 atom stereocenters. The average Bonchev–Trinajstić information content (AvgIpc) is 2.39. The molecule has 0 spiro atoms. The third kappa shape index (κ3) is 1.81. The highest BCUT2D eigenvalue weighted by Crippen LogP contribution is 2.51. The molecule has 2 nitrogen and oxygen atoms in total. The summed E-state index contributed by atoms with van der Waals surface area (Å²) < 4.78 is 8.24. The topological polar surface area (TPSA) is 12.5 Å². The number of fused-ring (bicyclic) bond motifs is 2. The van der Waals surface area contributed by atoms with Gasteiger partial charge in [-0.1, -0.05) is 31.9 Å². The molecule has 19 heavy (non-hydrogen) atoms. The summed E-state index contributed by atoms with van der Waals surface area (Å²) in [4.78, 5) is 2.38. The largest absolute Gasteiger partial charge is 0.453 e. The summed E-state index contributed by atoms with van der Waals surface area (Å²) in [5.74, 6) is 1.89. The van der Waals surface area contributed by atoms with Crippen LogP contribution in [0.3, 0.4) is 0 Å². The summed E-state index contributed by atoms with van der Waals surface area (Å²) in [5.41, 5.74) is 3.76. The van der Waals surface area contributed by atoms with Crippen molar-refractivity contribution < 1.29 is 4.74 Å². The third-order valence-corrected chi connectivity index (χ3v) is 4.60. The highest BCUT2D eigenvalue weighted by molar-refractivity contribution is 9.10. The van der Waals surface area contributed by atoms with Gasteiger partial charge in [-0.15, -0.1) is 0 Å². The SMILES string of the molecule is Brc1cc2c3c(c1)Oc1ccc(Br)cc1N3CCC2. The van der Waals surface area contributed by atoms with E-state index in [0.717, 1.165) is 39.1 Å². The fraction of sp³-hybridized carbons (Fsp3) is 0.200. The summed E-state index contributed by atoms with van der Waals surface area (Å²) in [7, 11) is 0. The van der Waals surface area contributed by atoms with Crippen molar-refractivity contribution in [2.75, 3.05) is 11.4 Å². The Balaban J connectivity index is 1.98. The molecule has 0 radical (unpaired) electrons. The van der Waals surface area contributed by atoms with Crippen molar-refractivity contribution in [2.24, 2.45) is 0 Å². The first kappa shape index (κ1) is 11.8. The quantitative estimate of drug-likeness (QED) is 0.606. The van der Waals surface area contributed by atoms with E-state index in [-0.39, 0.29) is 0 Å². The zero-order valence-corrected chi connectivity index (χ0v) is 13.3. The molecule has 0 aromatic heterocycles. The van der Waals surface area contributed by atoms with Crippen LogP contribution in [-0.4, -0.2) is 6.54 Å². The predicted molar refractivity (Wildman–Crippen MR) is 83.7 cm³/mol. The van der Waals surface area contributed by atoms with Crippen molar-refractivity contribution in [3.63, 3.8) is 0 Å². The maximum atomic E-state index is 6.07. The van der Waals surface area contributed by atoms with Gasteiger partial charge < -0.3 is 9.64 Å². The molecule has 2 aromatic carbocycles. The van der Waals surface area contributed by atoms with E-state index in [2.05, 4.69) is 55.0 Å². The molecule has 0 bridgehead atoms. The predicted octanol–water partition coefficient (Wildman–Crippen LogP) is 5.40. The van der Waals surface area contributed by atoms with Crippen LogP contribution in [-0.2, 0) is 6.42 Å². The lowest BCUT2D eigenvalue weighted by Gasteiger charge is -2.37. The minimum atomic E-state index is 0.932. The first-order chi connectivity index (χ1) is 9.22. The number of aryl methyl sites for hydroxylation is 1. The summed E-state index contributed by atoms with van der Waals surface area (Å²) in [6.45, 7) is 1.05. The van der Waals surface area contributed by atoms with Crippen LogP contribution in [0.1, 0.15) is 12.0 Å². The Labute approximate surface area is 128 Å². The monoisotopic (exact) mass is 379 g/mol. The maximum Gasteiger partial charge on any atom is 0.152 e. The first-order valence-electron chi connectivity index (χ1n) is 6.30. The van der Waals surface area contributed by atoms with Crippen LogP contribution >= 0.6 is 31.9 Å². The molecule has 0 saturated heterocycles. The molecule has 96 valence electrons. The number of rotatable bonds is 0. The van der Waals surface area contributed by atoms with Crippen LogP contribution in [0.5, 0.6) is 11.5 Å². The summed E-state index contributed by atoms with van der Waals surface area (Å²) in [6, 6.07) is 10.4. The van der Waals surface area contributed by atoms with E-state index < -0.39 is 0 Å². The summed E-state index contributed by atoms with van der Waals surface area (Å²) >= 11 is 7.12. The molecule has 0 unspecified atom stereocenters. The molecular formula is C15H11Br2NO. The average molecular weight is 381 g/mol. The van der Waals surface area contributed by atoms with Gasteiger partial charge in [0.25, 0.3) is 0 Å². The lowest BCUT2D eigenvalue weighted by Crippen LogP contribution is -2.27. The highest BCUT2D eigenvalue weighted by atomic mass is 79.9. The molecule has 0 saturated carbocycles. The van der Waals surface area contributed by atoms with Crippen molar-refractivity contribution in [3.05, 3.63) is 44.8 Å². The zero-order chi connectivity index (χ0) is 13.0. The Morgan fingerprint density at radius 2 is 1.89 bits per heavy atom. The Hall–Kier alpha value is -1.00. The molecule has 2 aromatic rings. The Morgan fingerprint density at radius 3 is 2.79 bits per heavy atom. The number of hydrogen-bond donors (Lipinski definition) is 0. The number of anilines is 2. The van der Waals surface area contributed by atoms with E-state index >= 15 is 0 Å². The number of halogens is 2.